The average Bonchev–Trinajstić information content (AvgIpc) is 2.42. The first-order valence-electron chi connectivity index (χ1n) is 8.54. The summed E-state index contributed by atoms with van der Waals surface area (Å²) in [6.07, 6.45) is 21.7. The highest BCUT2D eigenvalue weighted by Gasteiger charge is 2.01. The number of allylic oxidation sites excluding steroid dienone is 2. The van der Waals surface area contributed by atoms with Crippen LogP contribution in [0.5, 0.6) is 0 Å². The van der Waals surface area contributed by atoms with Gasteiger partial charge in [0.25, 0.3) is 0 Å². The van der Waals surface area contributed by atoms with Gasteiger partial charge in [-0.05, 0) is 31.6 Å². The summed E-state index contributed by atoms with van der Waals surface area (Å²) in [4.78, 5) is 0. The molecule has 19 heavy (non-hydrogen) atoms. The van der Waals surface area contributed by atoms with Gasteiger partial charge in [-0.3, -0.25) is 0 Å². The summed E-state index contributed by atoms with van der Waals surface area (Å²) in [5.41, 5.74) is 0. The second-order valence-corrected chi connectivity index (χ2v) is 5.91. The molecule has 0 amide bonds. The van der Waals surface area contributed by atoms with E-state index in [0.29, 0.717) is 0 Å². The molecule has 0 aliphatic heterocycles. The Labute approximate surface area is 123 Å². The summed E-state index contributed by atoms with van der Waals surface area (Å²) in [5, 5.41) is 0. The van der Waals surface area contributed by atoms with Gasteiger partial charge in [-0.25, -0.2) is 0 Å². The van der Waals surface area contributed by atoms with E-state index < -0.39 is 0 Å². The van der Waals surface area contributed by atoms with Crippen molar-refractivity contribution in [2.24, 2.45) is 5.92 Å². The molecule has 0 aliphatic carbocycles. The predicted octanol–water partition coefficient (Wildman–Crippen LogP) is 6.92. The highest BCUT2D eigenvalue weighted by atomic mass is 14.1. The van der Waals surface area contributed by atoms with Crippen LogP contribution in [0.15, 0.2) is 12.2 Å². The molecule has 0 nitrogen and oxygen atoms in total. The minimum absolute atomic E-state index is 0.922. The van der Waals surface area contributed by atoms with Gasteiger partial charge in [-0.15, -0.1) is 0 Å². The lowest BCUT2D eigenvalue weighted by Gasteiger charge is -2.10. The topological polar surface area (TPSA) is 0 Å². The molecule has 112 valence electrons. The summed E-state index contributed by atoms with van der Waals surface area (Å²) >= 11 is 0. The first-order valence-corrected chi connectivity index (χ1v) is 8.54. The van der Waals surface area contributed by atoms with Crippen molar-refractivity contribution in [3.8, 4) is 0 Å². The maximum atomic E-state index is 3.89. The first-order chi connectivity index (χ1) is 9.31. The maximum Gasteiger partial charge on any atom is -0.0351 e. The smallest absolute Gasteiger partial charge is 0.0351 e. The minimum Gasteiger partial charge on any atom is -0.0885 e. The SMILES string of the molecule is [CH2]CCCCC=CCCCCC(C)CCCCC[CH2]. The van der Waals surface area contributed by atoms with Crippen molar-refractivity contribution in [1.29, 1.82) is 0 Å². The van der Waals surface area contributed by atoms with Gasteiger partial charge in [-0.1, -0.05) is 90.7 Å². The number of hydrogen-bond donors (Lipinski definition) is 0. The zero-order valence-electron chi connectivity index (χ0n) is 13.3. The molecule has 0 aromatic carbocycles. The van der Waals surface area contributed by atoms with Crippen molar-refractivity contribution in [1.82, 2.24) is 0 Å². The zero-order chi connectivity index (χ0) is 14.2. The Morgan fingerprint density at radius 1 is 0.684 bits per heavy atom. The number of rotatable bonds is 14. The highest BCUT2D eigenvalue weighted by Crippen LogP contribution is 2.17. The molecule has 0 bridgehead atoms. The van der Waals surface area contributed by atoms with Crippen LogP contribution < -0.4 is 0 Å². The van der Waals surface area contributed by atoms with E-state index in [2.05, 4.69) is 32.9 Å². The van der Waals surface area contributed by atoms with E-state index in [4.69, 9.17) is 0 Å². The number of hydrogen-bond acceptors (Lipinski definition) is 0. The average molecular weight is 264 g/mol. The molecular formula is C19H36. The second-order valence-electron chi connectivity index (χ2n) is 5.91. The Morgan fingerprint density at radius 2 is 1.16 bits per heavy atom. The molecule has 0 heterocycles. The van der Waals surface area contributed by atoms with Gasteiger partial charge in [0.15, 0.2) is 0 Å². The van der Waals surface area contributed by atoms with Gasteiger partial charge in [-0.2, -0.15) is 0 Å². The molecule has 0 fully saturated rings. The third-order valence-corrected chi connectivity index (χ3v) is 3.80. The Morgan fingerprint density at radius 3 is 1.74 bits per heavy atom. The lowest BCUT2D eigenvalue weighted by atomic mass is 9.96. The normalized spacial score (nSPS) is 13.2. The summed E-state index contributed by atoms with van der Waals surface area (Å²) in [5.74, 6) is 0.922. The summed E-state index contributed by atoms with van der Waals surface area (Å²) in [6.45, 7) is 10.2. The van der Waals surface area contributed by atoms with Crippen molar-refractivity contribution in [3.63, 3.8) is 0 Å². The van der Waals surface area contributed by atoms with Gasteiger partial charge in [0.1, 0.15) is 0 Å². The van der Waals surface area contributed by atoms with E-state index >= 15 is 0 Å². The van der Waals surface area contributed by atoms with E-state index in [1.165, 1.54) is 70.6 Å². The summed E-state index contributed by atoms with van der Waals surface area (Å²) < 4.78 is 0. The largest absolute Gasteiger partial charge is 0.0885 e. The van der Waals surface area contributed by atoms with E-state index in [1.807, 2.05) is 0 Å². The van der Waals surface area contributed by atoms with E-state index in [1.54, 1.807) is 0 Å². The van der Waals surface area contributed by atoms with Crippen LogP contribution >= 0.6 is 0 Å². The number of unbranched alkanes of at least 4 members (excludes halogenated alkanes) is 8. The van der Waals surface area contributed by atoms with Gasteiger partial charge in [0, 0.05) is 0 Å². The Hall–Kier alpha value is -0.260. The molecule has 0 aliphatic rings. The molecule has 0 spiro atoms. The molecule has 0 saturated carbocycles. The van der Waals surface area contributed by atoms with Crippen LogP contribution in [0.4, 0.5) is 0 Å². The van der Waals surface area contributed by atoms with Crippen molar-refractivity contribution in [2.45, 2.75) is 90.4 Å². The summed E-state index contributed by atoms with van der Waals surface area (Å²) in [6, 6.07) is 0. The van der Waals surface area contributed by atoms with E-state index in [0.717, 1.165) is 18.8 Å². The van der Waals surface area contributed by atoms with Crippen LogP contribution in [0, 0.1) is 19.8 Å². The predicted molar refractivity (Wildman–Crippen MR) is 89.0 cm³/mol. The van der Waals surface area contributed by atoms with E-state index in [9.17, 15) is 0 Å². The van der Waals surface area contributed by atoms with Crippen LogP contribution in [-0.4, -0.2) is 0 Å². The van der Waals surface area contributed by atoms with E-state index in [-0.39, 0.29) is 0 Å². The van der Waals surface area contributed by atoms with Crippen molar-refractivity contribution < 1.29 is 0 Å². The van der Waals surface area contributed by atoms with Gasteiger partial charge in [0.2, 0.25) is 0 Å². The molecule has 0 heteroatoms. The quantitative estimate of drug-likeness (QED) is 0.236. The molecule has 0 N–H and O–H groups in total. The molecule has 0 saturated heterocycles. The van der Waals surface area contributed by atoms with Crippen LogP contribution in [0.25, 0.3) is 0 Å². The monoisotopic (exact) mass is 264 g/mol. The summed E-state index contributed by atoms with van der Waals surface area (Å²) in [7, 11) is 0. The molecule has 0 rings (SSSR count). The van der Waals surface area contributed by atoms with Crippen LogP contribution in [0.3, 0.4) is 0 Å². The Kier molecular flexibility index (Phi) is 15.6. The molecule has 2 radical (unpaired) electrons. The van der Waals surface area contributed by atoms with Crippen molar-refractivity contribution in [3.05, 3.63) is 26.0 Å². The third-order valence-electron chi connectivity index (χ3n) is 3.80. The molecule has 1 atom stereocenters. The Balaban J connectivity index is 3.19. The van der Waals surface area contributed by atoms with Crippen LogP contribution in [0.2, 0.25) is 0 Å². The second kappa shape index (κ2) is 15.8. The molecular weight excluding hydrogens is 228 g/mol. The van der Waals surface area contributed by atoms with Crippen molar-refractivity contribution in [2.75, 3.05) is 0 Å². The van der Waals surface area contributed by atoms with Gasteiger partial charge < -0.3 is 0 Å². The lowest BCUT2D eigenvalue weighted by Crippen LogP contribution is -1.94. The van der Waals surface area contributed by atoms with Gasteiger partial charge >= 0.3 is 0 Å². The fourth-order valence-electron chi connectivity index (χ4n) is 2.42. The van der Waals surface area contributed by atoms with Crippen LogP contribution in [-0.2, 0) is 0 Å². The molecule has 1 unspecified atom stereocenters. The van der Waals surface area contributed by atoms with Crippen molar-refractivity contribution >= 4 is 0 Å². The fraction of sp³-hybridized carbons (Fsp3) is 0.789. The van der Waals surface area contributed by atoms with Gasteiger partial charge in [0.05, 0.1) is 0 Å². The zero-order valence-corrected chi connectivity index (χ0v) is 13.3. The first kappa shape index (κ1) is 18.7. The third kappa shape index (κ3) is 15.7. The lowest BCUT2D eigenvalue weighted by molar-refractivity contribution is 0.442. The fourth-order valence-corrected chi connectivity index (χ4v) is 2.42. The van der Waals surface area contributed by atoms with Crippen LogP contribution in [0.1, 0.15) is 90.4 Å². The highest BCUT2D eigenvalue weighted by molar-refractivity contribution is 4.81. The minimum atomic E-state index is 0.922. The maximum absolute atomic E-state index is 3.89. The molecule has 0 aromatic rings. The Bertz CT molecular complexity index is 180. The standard InChI is InChI=1S/C19H36/c1-4-6-8-10-11-12-13-14-16-18-19(3)17-15-9-7-5-2/h11-12,19H,1-2,4-10,13-18H2,3H3. The molecule has 0 aromatic heterocycles.